The third kappa shape index (κ3) is 5.53. The van der Waals surface area contributed by atoms with Crippen molar-refractivity contribution in [2.24, 2.45) is 0 Å². The number of carbonyl (C=O) groups is 2. The van der Waals surface area contributed by atoms with E-state index in [0.29, 0.717) is 17.1 Å². The molecule has 0 spiro atoms. The molecule has 3 aromatic rings. The number of benzene rings is 2. The van der Waals surface area contributed by atoms with Crippen LogP contribution < -0.4 is 5.32 Å². The highest BCUT2D eigenvalue weighted by atomic mass is 35.5. The third-order valence-corrected chi connectivity index (χ3v) is 5.31. The highest BCUT2D eigenvalue weighted by molar-refractivity contribution is 6.30. The van der Waals surface area contributed by atoms with Crippen molar-refractivity contribution in [3.63, 3.8) is 0 Å². The molecule has 3 rings (SSSR count). The zero-order valence-electron chi connectivity index (χ0n) is 18.3. The van der Waals surface area contributed by atoms with Crippen LogP contribution in [0, 0.1) is 5.82 Å². The molecule has 2 aromatic carbocycles. The summed E-state index contributed by atoms with van der Waals surface area (Å²) in [5.74, 6) is -0.852. The summed E-state index contributed by atoms with van der Waals surface area (Å²) in [7, 11) is 0. The maximum atomic E-state index is 13.3. The van der Waals surface area contributed by atoms with Crippen molar-refractivity contribution in [1.29, 1.82) is 0 Å². The number of nitrogens with one attached hydrogen (secondary N) is 1. The lowest BCUT2D eigenvalue weighted by molar-refractivity contribution is -0.121. The minimum absolute atomic E-state index is 0.0261. The van der Waals surface area contributed by atoms with Gasteiger partial charge in [-0.05, 0) is 54.8 Å². The van der Waals surface area contributed by atoms with Gasteiger partial charge in [-0.2, -0.15) is 5.10 Å². The first-order valence-corrected chi connectivity index (χ1v) is 10.8. The third-order valence-electron chi connectivity index (χ3n) is 5.06. The summed E-state index contributed by atoms with van der Waals surface area (Å²) in [5, 5.41) is 7.82. The van der Waals surface area contributed by atoms with E-state index in [1.807, 2.05) is 32.9 Å². The summed E-state index contributed by atoms with van der Waals surface area (Å²) < 4.78 is 14.8. The standard InChI is InChI=1S/C24H26ClFN4O2/c1-4-29(15-22(31)27-13-17-5-9-19(26)10-6-17)24(32)21-14-28-30(23(21)16(2)3)20-11-7-18(25)8-12-20/h5-12,14,16H,4,13,15H2,1-3H3,(H,27,31). The zero-order chi connectivity index (χ0) is 23.3. The van der Waals surface area contributed by atoms with Crippen LogP contribution in [0.3, 0.4) is 0 Å². The molecule has 2 amide bonds. The lowest BCUT2D eigenvalue weighted by Gasteiger charge is -2.21. The fraction of sp³-hybridized carbons (Fsp3) is 0.292. The molecule has 1 aromatic heterocycles. The maximum absolute atomic E-state index is 13.3. The normalized spacial score (nSPS) is 10.9. The van der Waals surface area contributed by atoms with Crippen molar-refractivity contribution < 1.29 is 14.0 Å². The van der Waals surface area contributed by atoms with Crippen LogP contribution in [0.15, 0.2) is 54.7 Å². The Bertz CT molecular complexity index is 1080. The minimum Gasteiger partial charge on any atom is -0.350 e. The molecule has 1 N–H and O–H groups in total. The van der Waals surface area contributed by atoms with E-state index in [9.17, 15) is 14.0 Å². The number of nitrogens with zero attached hydrogens (tertiary/aromatic N) is 3. The van der Waals surface area contributed by atoms with Gasteiger partial charge in [-0.3, -0.25) is 9.59 Å². The Kier molecular flexibility index (Phi) is 7.64. The monoisotopic (exact) mass is 456 g/mol. The van der Waals surface area contributed by atoms with Crippen LogP contribution >= 0.6 is 11.6 Å². The second-order valence-corrected chi connectivity index (χ2v) is 8.15. The van der Waals surface area contributed by atoms with Crippen LogP contribution in [0.2, 0.25) is 5.02 Å². The molecule has 0 aliphatic heterocycles. The molecule has 0 unspecified atom stereocenters. The minimum atomic E-state index is -0.331. The van der Waals surface area contributed by atoms with Crippen molar-refractivity contribution in [3.05, 3.63) is 82.4 Å². The molecule has 0 radical (unpaired) electrons. The van der Waals surface area contributed by atoms with E-state index in [1.165, 1.54) is 17.0 Å². The second-order valence-electron chi connectivity index (χ2n) is 7.71. The summed E-state index contributed by atoms with van der Waals surface area (Å²) in [6.45, 7) is 6.35. The van der Waals surface area contributed by atoms with E-state index in [1.54, 1.807) is 35.1 Å². The Morgan fingerprint density at radius 2 is 1.78 bits per heavy atom. The highest BCUT2D eigenvalue weighted by Crippen LogP contribution is 2.25. The number of hydrogen-bond acceptors (Lipinski definition) is 3. The topological polar surface area (TPSA) is 67.2 Å². The Morgan fingerprint density at radius 1 is 1.12 bits per heavy atom. The Balaban J connectivity index is 1.74. The van der Waals surface area contributed by atoms with Crippen LogP contribution in [-0.2, 0) is 11.3 Å². The maximum Gasteiger partial charge on any atom is 0.257 e. The van der Waals surface area contributed by atoms with Crippen LogP contribution in [0.25, 0.3) is 5.69 Å². The largest absolute Gasteiger partial charge is 0.350 e. The van der Waals surface area contributed by atoms with E-state index in [4.69, 9.17) is 11.6 Å². The molecule has 6 nitrogen and oxygen atoms in total. The fourth-order valence-electron chi connectivity index (χ4n) is 3.40. The molecule has 0 bridgehead atoms. The molecule has 1 heterocycles. The molecule has 0 saturated heterocycles. The molecular weight excluding hydrogens is 431 g/mol. The Morgan fingerprint density at radius 3 is 2.38 bits per heavy atom. The fourth-order valence-corrected chi connectivity index (χ4v) is 3.52. The average molecular weight is 457 g/mol. The van der Waals surface area contributed by atoms with E-state index in [-0.39, 0.29) is 36.6 Å². The van der Waals surface area contributed by atoms with Crippen molar-refractivity contribution in [2.45, 2.75) is 33.2 Å². The van der Waals surface area contributed by atoms with Crippen molar-refractivity contribution in [3.8, 4) is 5.69 Å². The average Bonchev–Trinajstić information content (AvgIpc) is 3.22. The second kappa shape index (κ2) is 10.4. The number of carbonyl (C=O) groups excluding carboxylic acids is 2. The number of likely N-dealkylation sites (N-methyl/N-ethyl adjacent to an activating group) is 1. The van der Waals surface area contributed by atoms with E-state index < -0.39 is 0 Å². The lowest BCUT2D eigenvalue weighted by Crippen LogP contribution is -2.40. The molecule has 0 aliphatic rings. The number of aromatic nitrogens is 2. The van der Waals surface area contributed by atoms with E-state index in [2.05, 4.69) is 10.4 Å². The SMILES string of the molecule is CCN(CC(=O)NCc1ccc(F)cc1)C(=O)c1cnn(-c2ccc(Cl)cc2)c1C(C)C. The molecule has 168 valence electrons. The van der Waals surface area contributed by atoms with Crippen LogP contribution in [-0.4, -0.2) is 39.6 Å². The zero-order valence-corrected chi connectivity index (χ0v) is 19.1. The van der Waals surface area contributed by atoms with Gasteiger partial charge in [0.25, 0.3) is 5.91 Å². The first kappa shape index (κ1) is 23.5. The number of halogens is 2. The molecule has 8 heteroatoms. The van der Waals surface area contributed by atoms with Gasteiger partial charge < -0.3 is 10.2 Å². The number of hydrogen-bond donors (Lipinski definition) is 1. The van der Waals surface area contributed by atoms with Gasteiger partial charge in [0.15, 0.2) is 0 Å². The van der Waals surface area contributed by atoms with Gasteiger partial charge >= 0.3 is 0 Å². The number of amides is 2. The lowest BCUT2D eigenvalue weighted by atomic mass is 10.0. The van der Waals surface area contributed by atoms with Gasteiger partial charge in [0.1, 0.15) is 5.82 Å². The van der Waals surface area contributed by atoms with Gasteiger partial charge in [-0.1, -0.05) is 37.6 Å². The van der Waals surface area contributed by atoms with Gasteiger partial charge in [0.05, 0.1) is 29.7 Å². The Hall–Kier alpha value is -3.19. The number of rotatable bonds is 8. The van der Waals surface area contributed by atoms with Gasteiger partial charge in [0.2, 0.25) is 5.91 Å². The summed E-state index contributed by atoms with van der Waals surface area (Å²) in [4.78, 5) is 27.2. The van der Waals surface area contributed by atoms with Crippen LogP contribution in [0.1, 0.15) is 48.3 Å². The quantitative estimate of drug-likeness (QED) is 0.540. The Labute approximate surface area is 192 Å². The summed E-state index contributed by atoms with van der Waals surface area (Å²) >= 11 is 5.99. The van der Waals surface area contributed by atoms with Crippen molar-refractivity contribution in [1.82, 2.24) is 20.0 Å². The van der Waals surface area contributed by atoms with E-state index in [0.717, 1.165) is 16.9 Å². The van der Waals surface area contributed by atoms with Crippen molar-refractivity contribution in [2.75, 3.05) is 13.1 Å². The van der Waals surface area contributed by atoms with Gasteiger partial charge in [-0.15, -0.1) is 0 Å². The van der Waals surface area contributed by atoms with Crippen LogP contribution in [0.4, 0.5) is 4.39 Å². The summed E-state index contributed by atoms with van der Waals surface area (Å²) in [6.07, 6.45) is 1.55. The molecule has 0 aliphatic carbocycles. The van der Waals surface area contributed by atoms with E-state index >= 15 is 0 Å². The predicted octanol–water partition coefficient (Wildman–Crippen LogP) is 4.57. The van der Waals surface area contributed by atoms with Gasteiger partial charge in [-0.25, -0.2) is 9.07 Å². The predicted molar refractivity (Wildman–Crippen MR) is 122 cm³/mol. The van der Waals surface area contributed by atoms with Crippen LogP contribution in [0.5, 0.6) is 0 Å². The summed E-state index contributed by atoms with van der Waals surface area (Å²) in [6, 6.07) is 13.1. The highest BCUT2D eigenvalue weighted by Gasteiger charge is 2.25. The molecule has 0 fully saturated rings. The summed E-state index contributed by atoms with van der Waals surface area (Å²) in [5.41, 5.74) is 2.81. The van der Waals surface area contributed by atoms with Crippen molar-refractivity contribution >= 4 is 23.4 Å². The smallest absolute Gasteiger partial charge is 0.257 e. The molecule has 32 heavy (non-hydrogen) atoms. The molecule has 0 atom stereocenters. The first-order valence-electron chi connectivity index (χ1n) is 10.4. The molecular formula is C24H26ClFN4O2. The molecule has 0 saturated carbocycles. The van der Waals surface area contributed by atoms with Gasteiger partial charge in [0, 0.05) is 18.1 Å². The first-order chi connectivity index (χ1) is 15.3.